The zero-order valence-corrected chi connectivity index (χ0v) is 7.73. The van der Waals surface area contributed by atoms with Crippen LogP contribution in [-0.2, 0) is 14.0 Å². The monoisotopic (exact) mass is 199 g/mol. The van der Waals surface area contributed by atoms with Crippen LogP contribution in [0.15, 0.2) is 0 Å². The molecule has 1 saturated heterocycles. The topological polar surface area (TPSA) is 46.6 Å². The van der Waals surface area contributed by atoms with Gasteiger partial charge in [0, 0.05) is 30.9 Å². The first-order valence-electron chi connectivity index (χ1n) is 3.26. The fourth-order valence-corrected chi connectivity index (χ4v) is 2.13. The number of halogens is 1. The number of methoxy groups -OCH3 is 1. The van der Waals surface area contributed by atoms with Crippen molar-refractivity contribution in [3.63, 3.8) is 0 Å². The summed E-state index contributed by atoms with van der Waals surface area (Å²) >= 11 is 0. The Hall–Kier alpha value is 0.160. The van der Waals surface area contributed by atoms with Crippen LogP contribution in [0.2, 0.25) is 0 Å². The lowest BCUT2D eigenvalue weighted by Gasteiger charge is -2.09. The number of hydrogen-bond donors (Lipinski definition) is 0. The Balaban J connectivity index is 2.55. The minimum absolute atomic E-state index is 0.00326. The fraction of sp³-hybridized carbons (Fsp3) is 1.00. The van der Waals surface area contributed by atoms with Crippen LogP contribution in [0.5, 0.6) is 0 Å². The first-order chi connectivity index (χ1) is 5.04. The zero-order valence-electron chi connectivity index (χ0n) is 6.16. The lowest BCUT2D eigenvalue weighted by molar-refractivity contribution is 0.115. The van der Waals surface area contributed by atoms with Crippen molar-refractivity contribution >= 4 is 19.9 Å². The third kappa shape index (κ3) is 2.30. The van der Waals surface area contributed by atoms with Gasteiger partial charge in [-0.2, -0.15) is 12.7 Å². The van der Waals surface area contributed by atoms with Gasteiger partial charge in [-0.3, -0.25) is 0 Å². The normalized spacial score (nSPS) is 27.6. The first kappa shape index (κ1) is 9.25. The Morgan fingerprint density at radius 2 is 2.27 bits per heavy atom. The molecule has 1 aliphatic rings. The van der Waals surface area contributed by atoms with Crippen molar-refractivity contribution in [3.05, 3.63) is 0 Å². The largest absolute Gasteiger partial charge is 0.380 e. The van der Waals surface area contributed by atoms with E-state index in [9.17, 15) is 8.42 Å². The minimum Gasteiger partial charge on any atom is -0.380 e. The summed E-state index contributed by atoms with van der Waals surface area (Å²) in [5, 5.41) is 0. The molecule has 1 atom stereocenters. The Bertz CT molecular complexity index is 228. The van der Waals surface area contributed by atoms with E-state index in [0.29, 0.717) is 13.1 Å². The van der Waals surface area contributed by atoms with Gasteiger partial charge in [-0.05, 0) is 6.42 Å². The molecule has 1 unspecified atom stereocenters. The minimum atomic E-state index is -3.52. The van der Waals surface area contributed by atoms with Crippen LogP contribution in [0.25, 0.3) is 0 Å². The van der Waals surface area contributed by atoms with E-state index >= 15 is 0 Å². The molecule has 0 aromatic carbocycles. The predicted octanol–water partition coefficient (Wildman–Crippen LogP) is 0.191. The molecule has 66 valence electrons. The number of hydrogen-bond acceptors (Lipinski definition) is 3. The summed E-state index contributed by atoms with van der Waals surface area (Å²) in [6.45, 7) is 0.840. The van der Waals surface area contributed by atoms with Crippen LogP contribution >= 0.6 is 10.7 Å². The molecule has 1 fully saturated rings. The summed E-state index contributed by atoms with van der Waals surface area (Å²) in [6.07, 6.45) is 0.728. The second kappa shape index (κ2) is 3.26. The highest BCUT2D eigenvalue weighted by Gasteiger charge is 2.29. The van der Waals surface area contributed by atoms with Gasteiger partial charge in [-0.15, -0.1) is 0 Å². The van der Waals surface area contributed by atoms with E-state index in [2.05, 4.69) is 0 Å². The molecule has 1 rings (SSSR count). The van der Waals surface area contributed by atoms with E-state index < -0.39 is 9.24 Å². The standard InChI is InChI=1S/C5H10ClNO3S/c1-10-5-2-3-7(4-5)11(6,8)9/h5H,2-4H2,1H3. The molecule has 11 heavy (non-hydrogen) atoms. The van der Waals surface area contributed by atoms with Crippen molar-refractivity contribution in [2.75, 3.05) is 20.2 Å². The van der Waals surface area contributed by atoms with Crippen molar-refractivity contribution in [1.82, 2.24) is 4.31 Å². The molecule has 0 saturated carbocycles. The molecule has 1 heterocycles. The summed E-state index contributed by atoms with van der Waals surface area (Å²) in [5.74, 6) is 0. The van der Waals surface area contributed by atoms with Crippen molar-refractivity contribution in [2.45, 2.75) is 12.5 Å². The maximum atomic E-state index is 10.7. The molecule has 0 N–H and O–H groups in total. The van der Waals surface area contributed by atoms with E-state index in [-0.39, 0.29) is 6.10 Å². The number of nitrogens with zero attached hydrogens (tertiary/aromatic N) is 1. The van der Waals surface area contributed by atoms with Gasteiger partial charge >= 0.3 is 0 Å². The van der Waals surface area contributed by atoms with Crippen LogP contribution in [0.4, 0.5) is 0 Å². The van der Waals surface area contributed by atoms with Gasteiger partial charge in [0.25, 0.3) is 9.24 Å². The second-order valence-electron chi connectivity index (χ2n) is 2.45. The molecule has 4 nitrogen and oxygen atoms in total. The van der Waals surface area contributed by atoms with E-state index in [1.54, 1.807) is 7.11 Å². The average molecular weight is 200 g/mol. The lowest BCUT2D eigenvalue weighted by atomic mass is 10.3. The van der Waals surface area contributed by atoms with Gasteiger partial charge in [-0.25, -0.2) is 0 Å². The van der Waals surface area contributed by atoms with Crippen molar-refractivity contribution in [2.24, 2.45) is 0 Å². The SMILES string of the molecule is COC1CCN(S(=O)(=O)Cl)C1. The molecule has 0 bridgehead atoms. The maximum absolute atomic E-state index is 10.7. The summed E-state index contributed by atoms with van der Waals surface area (Å²) in [7, 11) is 3.15. The van der Waals surface area contributed by atoms with Crippen molar-refractivity contribution in [3.8, 4) is 0 Å². The van der Waals surface area contributed by atoms with Crippen LogP contribution < -0.4 is 0 Å². The second-order valence-corrected chi connectivity index (χ2v) is 4.96. The highest BCUT2D eigenvalue weighted by Crippen LogP contribution is 2.17. The molecule has 0 aromatic heterocycles. The van der Waals surface area contributed by atoms with Crippen LogP contribution in [-0.4, -0.2) is 39.0 Å². The van der Waals surface area contributed by atoms with Gasteiger partial charge in [0.2, 0.25) is 0 Å². The van der Waals surface area contributed by atoms with E-state index in [1.165, 1.54) is 4.31 Å². The van der Waals surface area contributed by atoms with Crippen LogP contribution in [0.1, 0.15) is 6.42 Å². The van der Waals surface area contributed by atoms with Gasteiger partial charge < -0.3 is 4.74 Å². The predicted molar refractivity (Wildman–Crippen MR) is 41.8 cm³/mol. The molecule has 0 amide bonds. The molecule has 1 aliphatic heterocycles. The lowest BCUT2D eigenvalue weighted by Crippen LogP contribution is -2.25. The molecule has 0 radical (unpaired) electrons. The summed E-state index contributed by atoms with van der Waals surface area (Å²) in [5.41, 5.74) is 0. The van der Waals surface area contributed by atoms with Crippen LogP contribution in [0.3, 0.4) is 0 Å². The third-order valence-corrected chi connectivity index (χ3v) is 3.28. The average Bonchev–Trinajstić information content (AvgIpc) is 2.32. The van der Waals surface area contributed by atoms with Gasteiger partial charge in [-0.1, -0.05) is 0 Å². The van der Waals surface area contributed by atoms with Gasteiger partial charge in [0.15, 0.2) is 0 Å². The summed E-state index contributed by atoms with van der Waals surface area (Å²) < 4.78 is 27.6. The number of ether oxygens (including phenoxy) is 1. The maximum Gasteiger partial charge on any atom is 0.299 e. The Morgan fingerprint density at radius 1 is 1.64 bits per heavy atom. The first-order valence-corrected chi connectivity index (χ1v) is 5.53. The molecule has 6 heteroatoms. The van der Waals surface area contributed by atoms with Crippen LogP contribution in [0, 0.1) is 0 Å². The van der Waals surface area contributed by atoms with E-state index in [1.807, 2.05) is 0 Å². The Kier molecular flexibility index (Phi) is 2.74. The molecular weight excluding hydrogens is 190 g/mol. The smallest absolute Gasteiger partial charge is 0.299 e. The summed E-state index contributed by atoms with van der Waals surface area (Å²) in [6, 6.07) is 0. The van der Waals surface area contributed by atoms with E-state index in [0.717, 1.165) is 6.42 Å². The van der Waals surface area contributed by atoms with E-state index in [4.69, 9.17) is 15.4 Å². The third-order valence-electron chi connectivity index (χ3n) is 1.75. The zero-order chi connectivity index (χ0) is 8.48. The van der Waals surface area contributed by atoms with Gasteiger partial charge in [0.05, 0.1) is 6.10 Å². The molecule has 0 aliphatic carbocycles. The summed E-state index contributed by atoms with van der Waals surface area (Å²) in [4.78, 5) is 0. The molecule has 0 aromatic rings. The Labute approximate surface area is 70.6 Å². The Morgan fingerprint density at radius 3 is 2.55 bits per heavy atom. The highest BCUT2D eigenvalue weighted by atomic mass is 35.7. The molecule has 0 spiro atoms. The fourth-order valence-electron chi connectivity index (χ4n) is 1.09. The number of rotatable bonds is 2. The van der Waals surface area contributed by atoms with Gasteiger partial charge in [0.1, 0.15) is 0 Å². The quantitative estimate of drug-likeness (QED) is 0.597. The highest BCUT2D eigenvalue weighted by molar-refractivity contribution is 8.11. The van der Waals surface area contributed by atoms with Crippen molar-refractivity contribution in [1.29, 1.82) is 0 Å². The van der Waals surface area contributed by atoms with Crippen molar-refractivity contribution < 1.29 is 13.2 Å². The molecular formula is C5H10ClNO3S.